The van der Waals surface area contributed by atoms with Crippen LogP contribution in [0.5, 0.6) is 0 Å². The number of hydrogen-bond acceptors (Lipinski definition) is 3. The summed E-state index contributed by atoms with van der Waals surface area (Å²) in [5, 5.41) is 3.16. The molecule has 1 heterocycles. The molecule has 0 unspecified atom stereocenters. The number of carbonyl (C=O) groups is 1. The van der Waals surface area contributed by atoms with E-state index in [1.165, 1.54) is 32.1 Å². The number of amides is 1. The van der Waals surface area contributed by atoms with E-state index in [1.54, 1.807) is 0 Å². The minimum Gasteiger partial charge on any atom is -0.354 e. The molecule has 19 heavy (non-hydrogen) atoms. The first-order valence-electron chi connectivity index (χ1n) is 7.88. The quantitative estimate of drug-likeness (QED) is 0.793. The Hall–Kier alpha value is -0.610. The van der Waals surface area contributed by atoms with Crippen molar-refractivity contribution in [3.8, 4) is 0 Å². The monoisotopic (exact) mass is 267 g/mol. The van der Waals surface area contributed by atoms with Crippen molar-refractivity contribution < 1.29 is 4.79 Å². The number of nitrogens with two attached hydrogens (primary N) is 1. The summed E-state index contributed by atoms with van der Waals surface area (Å²) in [5.41, 5.74) is 6.27. The van der Waals surface area contributed by atoms with E-state index in [0.717, 1.165) is 32.5 Å². The highest BCUT2D eigenvalue weighted by molar-refractivity contribution is 5.78. The number of nitrogens with zero attached hydrogens (tertiary/aromatic N) is 1. The van der Waals surface area contributed by atoms with Crippen LogP contribution in [-0.4, -0.2) is 43.0 Å². The molecule has 1 saturated heterocycles. The number of rotatable bonds is 5. The molecular formula is C15H29N3O. The molecule has 0 aromatic carbocycles. The van der Waals surface area contributed by atoms with Gasteiger partial charge in [-0.15, -0.1) is 0 Å². The first-order chi connectivity index (χ1) is 9.13. The Kier molecular flexibility index (Phi) is 5.22. The van der Waals surface area contributed by atoms with E-state index in [-0.39, 0.29) is 5.91 Å². The maximum Gasteiger partial charge on any atom is 0.234 e. The van der Waals surface area contributed by atoms with Crippen molar-refractivity contribution in [2.45, 2.75) is 57.9 Å². The van der Waals surface area contributed by atoms with E-state index < -0.39 is 0 Å². The molecule has 4 nitrogen and oxygen atoms in total. The lowest BCUT2D eigenvalue weighted by Gasteiger charge is -2.31. The molecule has 110 valence electrons. The summed E-state index contributed by atoms with van der Waals surface area (Å²) in [7, 11) is 0. The third kappa shape index (κ3) is 4.18. The van der Waals surface area contributed by atoms with Crippen LogP contribution in [0.4, 0.5) is 0 Å². The second-order valence-corrected chi connectivity index (χ2v) is 6.45. The first kappa shape index (κ1) is 14.8. The van der Waals surface area contributed by atoms with Gasteiger partial charge < -0.3 is 11.1 Å². The molecule has 0 atom stereocenters. The van der Waals surface area contributed by atoms with Crippen LogP contribution >= 0.6 is 0 Å². The fraction of sp³-hybridized carbons (Fsp3) is 0.933. The van der Waals surface area contributed by atoms with Crippen LogP contribution in [0.1, 0.15) is 51.9 Å². The highest BCUT2D eigenvalue weighted by Gasteiger charge is 2.32. The molecule has 3 N–H and O–H groups in total. The summed E-state index contributed by atoms with van der Waals surface area (Å²) in [6.45, 7) is 5.60. The van der Waals surface area contributed by atoms with Gasteiger partial charge in [0.15, 0.2) is 0 Å². The minimum atomic E-state index is 0.190. The normalized spacial score (nSPS) is 24.5. The Morgan fingerprint density at radius 2 is 1.95 bits per heavy atom. The van der Waals surface area contributed by atoms with Gasteiger partial charge in [0.1, 0.15) is 0 Å². The fourth-order valence-electron chi connectivity index (χ4n) is 3.44. The molecule has 1 aliphatic carbocycles. The molecule has 0 aromatic rings. The summed E-state index contributed by atoms with van der Waals surface area (Å²) in [6, 6.07) is 0.334. The minimum absolute atomic E-state index is 0.190. The number of likely N-dealkylation sites (tertiary alicyclic amines) is 1. The maximum absolute atomic E-state index is 12.0. The van der Waals surface area contributed by atoms with E-state index >= 15 is 0 Å². The molecule has 0 spiro atoms. The predicted molar refractivity (Wildman–Crippen MR) is 77.9 cm³/mol. The molecule has 2 aliphatic rings. The lowest BCUT2D eigenvalue weighted by atomic mass is 9.83. The SMILES string of the molecule is CCC1(CNC(=O)CN2CCC(N)CC2)CCCC1. The second kappa shape index (κ2) is 6.71. The van der Waals surface area contributed by atoms with Crippen LogP contribution in [0.2, 0.25) is 0 Å². The van der Waals surface area contributed by atoms with Gasteiger partial charge in [-0.2, -0.15) is 0 Å². The van der Waals surface area contributed by atoms with Gasteiger partial charge in [-0.25, -0.2) is 0 Å². The maximum atomic E-state index is 12.0. The molecule has 1 aliphatic heterocycles. The Morgan fingerprint density at radius 3 is 2.53 bits per heavy atom. The summed E-state index contributed by atoms with van der Waals surface area (Å²) in [5.74, 6) is 0.190. The molecule has 1 amide bonds. The van der Waals surface area contributed by atoms with Crippen molar-refractivity contribution in [1.82, 2.24) is 10.2 Å². The van der Waals surface area contributed by atoms with Gasteiger partial charge >= 0.3 is 0 Å². The Bertz CT molecular complexity index is 292. The zero-order chi connectivity index (χ0) is 13.7. The predicted octanol–water partition coefficient (Wildman–Crippen LogP) is 1.50. The third-order valence-electron chi connectivity index (χ3n) is 5.07. The van der Waals surface area contributed by atoms with Crippen molar-refractivity contribution in [1.29, 1.82) is 0 Å². The second-order valence-electron chi connectivity index (χ2n) is 6.45. The van der Waals surface area contributed by atoms with Gasteiger partial charge in [0.2, 0.25) is 5.91 Å². The molecular weight excluding hydrogens is 238 g/mol. The van der Waals surface area contributed by atoms with Crippen LogP contribution in [0.3, 0.4) is 0 Å². The number of nitrogens with one attached hydrogen (secondary N) is 1. The standard InChI is InChI=1S/C15H29N3O/c1-2-15(7-3-4-8-15)12-17-14(19)11-18-9-5-13(16)6-10-18/h13H,2-12,16H2,1H3,(H,17,19). The van der Waals surface area contributed by atoms with Crippen LogP contribution < -0.4 is 11.1 Å². The Labute approximate surface area is 117 Å². The third-order valence-corrected chi connectivity index (χ3v) is 5.07. The van der Waals surface area contributed by atoms with E-state index in [0.29, 0.717) is 18.0 Å². The van der Waals surface area contributed by atoms with Crippen molar-refractivity contribution in [2.75, 3.05) is 26.2 Å². The van der Waals surface area contributed by atoms with Gasteiger partial charge in [-0.1, -0.05) is 19.8 Å². The van der Waals surface area contributed by atoms with Crippen molar-refractivity contribution in [3.05, 3.63) is 0 Å². The van der Waals surface area contributed by atoms with E-state index in [1.807, 2.05) is 0 Å². The van der Waals surface area contributed by atoms with Crippen LogP contribution in [-0.2, 0) is 4.79 Å². The van der Waals surface area contributed by atoms with Crippen molar-refractivity contribution in [3.63, 3.8) is 0 Å². The number of hydrogen-bond donors (Lipinski definition) is 2. The number of carbonyl (C=O) groups excluding carboxylic acids is 1. The van der Waals surface area contributed by atoms with Gasteiger partial charge in [0.25, 0.3) is 0 Å². The molecule has 0 aromatic heterocycles. The molecule has 4 heteroatoms. The zero-order valence-electron chi connectivity index (χ0n) is 12.3. The lowest BCUT2D eigenvalue weighted by molar-refractivity contribution is -0.123. The highest BCUT2D eigenvalue weighted by Crippen LogP contribution is 2.40. The summed E-state index contributed by atoms with van der Waals surface area (Å²) in [4.78, 5) is 14.3. The first-order valence-corrected chi connectivity index (χ1v) is 7.88. The van der Waals surface area contributed by atoms with Crippen LogP contribution in [0.15, 0.2) is 0 Å². The fourth-order valence-corrected chi connectivity index (χ4v) is 3.44. The zero-order valence-corrected chi connectivity index (χ0v) is 12.3. The van der Waals surface area contributed by atoms with Gasteiger partial charge in [0, 0.05) is 25.7 Å². The molecule has 2 rings (SSSR count). The Balaban J connectivity index is 1.69. The van der Waals surface area contributed by atoms with Crippen LogP contribution in [0, 0.1) is 5.41 Å². The molecule has 2 fully saturated rings. The van der Waals surface area contributed by atoms with Gasteiger partial charge in [-0.05, 0) is 37.5 Å². The molecule has 0 radical (unpaired) electrons. The van der Waals surface area contributed by atoms with Crippen LogP contribution in [0.25, 0.3) is 0 Å². The van der Waals surface area contributed by atoms with E-state index in [4.69, 9.17) is 5.73 Å². The van der Waals surface area contributed by atoms with Crippen molar-refractivity contribution in [2.24, 2.45) is 11.1 Å². The van der Waals surface area contributed by atoms with Crippen molar-refractivity contribution >= 4 is 5.91 Å². The van der Waals surface area contributed by atoms with Gasteiger partial charge in [-0.3, -0.25) is 9.69 Å². The highest BCUT2D eigenvalue weighted by atomic mass is 16.2. The average Bonchev–Trinajstić information content (AvgIpc) is 2.89. The topological polar surface area (TPSA) is 58.4 Å². The van der Waals surface area contributed by atoms with E-state index in [2.05, 4.69) is 17.1 Å². The Morgan fingerprint density at radius 1 is 1.32 bits per heavy atom. The lowest BCUT2D eigenvalue weighted by Crippen LogP contribution is -2.46. The van der Waals surface area contributed by atoms with E-state index in [9.17, 15) is 4.79 Å². The summed E-state index contributed by atoms with van der Waals surface area (Å²) >= 11 is 0. The van der Waals surface area contributed by atoms with Gasteiger partial charge in [0.05, 0.1) is 6.54 Å². The largest absolute Gasteiger partial charge is 0.354 e. The smallest absolute Gasteiger partial charge is 0.234 e. The average molecular weight is 267 g/mol. The summed E-state index contributed by atoms with van der Waals surface area (Å²) in [6.07, 6.45) is 8.44. The summed E-state index contributed by atoms with van der Waals surface area (Å²) < 4.78 is 0. The molecule has 1 saturated carbocycles. The number of piperidine rings is 1. The molecule has 0 bridgehead atoms.